The van der Waals surface area contributed by atoms with Crippen molar-refractivity contribution in [3.8, 4) is 0 Å². The van der Waals surface area contributed by atoms with Crippen LogP contribution in [-0.2, 0) is 6.54 Å². The molecule has 1 fully saturated rings. The van der Waals surface area contributed by atoms with E-state index < -0.39 is 0 Å². The van der Waals surface area contributed by atoms with E-state index in [9.17, 15) is 4.39 Å². The monoisotopic (exact) mass is 350 g/mol. The minimum Gasteiger partial charge on any atom is -0.327 e. The fraction of sp³-hybridized carbons (Fsp3) is 0.571. The Morgan fingerprint density at radius 1 is 1.47 bits per heavy atom. The molecular formula is C14H21BrClFN2. The third kappa shape index (κ3) is 4.15. The van der Waals surface area contributed by atoms with Gasteiger partial charge in [0.25, 0.3) is 0 Å². The first-order valence-corrected chi connectivity index (χ1v) is 7.10. The van der Waals surface area contributed by atoms with Gasteiger partial charge in [0, 0.05) is 30.1 Å². The summed E-state index contributed by atoms with van der Waals surface area (Å²) < 4.78 is 14.2. The first-order chi connectivity index (χ1) is 8.38. The lowest BCUT2D eigenvalue weighted by Gasteiger charge is -2.42. The summed E-state index contributed by atoms with van der Waals surface area (Å²) in [7, 11) is 0. The molecule has 108 valence electrons. The van der Waals surface area contributed by atoms with E-state index in [0.29, 0.717) is 0 Å². The zero-order chi connectivity index (χ0) is 13.3. The molecule has 1 atom stereocenters. The summed E-state index contributed by atoms with van der Waals surface area (Å²) in [6.45, 7) is 7.11. The molecule has 0 saturated carbocycles. The van der Waals surface area contributed by atoms with Crippen molar-refractivity contribution in [1.82, 2.24) is 4.90 Å². The van der Waals surface area contributed by atoms with E-state index in [1.165, 1.54) is 6.07 Å². The van der Waals surface area contributed by atoms with E-state index in [2.05, 4.69) is 34.7 Å². The van der Waals surface area contributed by atoms with Crippen molar-refractivity contribution in [2.24, 2.45) is 11.1 Å². The quantitative estimate of drug-likeness (QED) is 0.882. The van der Waals surface area contributed by atoms with Crippen LogP contribution in [0.1, 0.15) is 25.8 Å². The van der Waals surface area contributed by atoms with E-state index in [0.717, 1.165) is 36.1 Å². The molecule has 1 heterocycles. The van der Waals surface area contributed by atoms with Crippen molar-refractivity contribution < 1.29 is 4.39 Å². The fourth-order valence-electron chi connectivity index (χ4n) is 2.53. The lowest BCUT2D eigenvalue weighted by atomic mass is 9.79. The molecule has 2 rings (SSSR count). The number of rotatable bonds is 2. The average molecular weight is 352 g/mol. The second-order valence-electron chi connectivity index (χ2n) is 5.83. The van der Waals surface area contributed by atoms with Crippen molar-refractivity contribution in [3.63, 3.8) is 0 Å². The highest BCUT2D eigenvalue weighted by atomic mass is 79.9. The Kier molecular flexibility index (Phi) is 5.80. The van der Waals surface area contributed by atoms with Crippen LogP contribution in [0.25, 0.3) is 0 Å². The van der Waals surface area contributed by atoms with Crippen LogP contribution in [0.15, 0.2) is 22.7 Å². The van der Waals surface area contributed by atoms with Gasteiger partial charge in [-0.15, -0.1) is 12.4 Å². The number of benzene rings is 1. The zero-order valence-corrected chi connectivity index (χ0v) is 13.7. The number of nitrogens with zero attached hydrogens (tertiary/aromatic N) is 1. The number of nitrogens with two attached hydrogens (primary N) is 1. The Hall–Kier alpha value is -0.160. The van der Waals surface area contributed by atoms with Crippen LogP contribution >= 0.6 is 28.3 Å². The van der Waals surface area contributed by atoms with Crippen molar-refractivity contribution in [3.05, 3.63) is 34.1 Å². The van der Waals surface area contributed by atoms with Crippen LogP contribution in [0.4, 0.5) is 4.39 Å². The van der Waals surface area contributed by atoms with Gasteiger partial charge in [0.15, 0.2) is 0 Å². The summed E-state index contributed by atoms with van der Waals surface area (Å²) in [6, 6.07) is 5.10. The standard InChI is InChI=1S/C14H20BrFN2.ClH/c1-14(2)9-18(6-5-13(14)17)8-10-7-11(16)3-4-12(10)15;/h3-4,7,13H,5-6,8-9,17H2,1-2H3;1H. The molecular weight excluding hydrogens is 331 g/mol. The number of likely N-dealkylation sites (tertiary alicyclic amines) is 1. The molecule has 2 nitrogen and oxygen atoms in total. The highest BCUT2D eigenvalue weighted by molar-refractivity contribution is 9.10. The molecule has 0 bridgehead atoms. The topological polar surface area (TPSA) is 29.3 Å². The predicted molar refractivity (Wildman–Crippen MR) is 83.0 cm³/mol. The zero-order valence-electron chi connectivity index (χ0n) is 11.3. The van der Waals surface area contributed by atoms with Crippen molar-refractivity contribution >= 4 is 28.3 Å². The Morgan fingerprint density at radius 2 is 2.16 bits per heavy atom. The van der Waals surface area contributed by atoms with Gasteiger partial charge in [-0.1, -0.05) is 29.8 Å². The Labute approximate surface area is 129 Å². The minimum absolute atomic E-state index is 0. The van der Waals surface area contributed by atoms with Gasteiger partial charge in [-0.05, 0) is 35.6 Å². The second kappa shape index (κ2) is 6.53. The molecule has 0 aromatic heterocycles. The van der Waals surface area contributed by atoms with Gasteiger partial charge in [0.2, 0.25) is 0 Å². The Balaban J connectivity index is 0.00000180. The molecule has 1 aliphatic heterocycles. The maximum Gasteiger partial charge on any atom is 0.123 e. The molecule has 1 aliphatic rings. The van der Waals surface area contributed by atoms with Gasteiger partial charge in [-0.3, -0.25) is 4.90 Å². The fourth-order valence-corrected chi connectivity index (χ4v) is 2.90. The van der Waals surface area contributed by atoms with E-state index in [-0.39, 0.29) is 29.7 Å². The molecule has 1 aromatic rings. The summed E-state index contributed by atoms with van der Waals surface area (Å²) >= 11 is 3.48. The molecule has 0 aliphatic carbocycles. The summed E-state index contributed by atoms with van der Waals surface area (Å²) in [5.74, 6) is -0.179. The minimum atomic E-state index is -0.179. The molecule has 5 heteroatoms. The number of piperidine rings is 1. The summed E-state index contributed by atoms with van der Waals surface area (Å²) in [5, 5.41) is 0. The van der Waals surface area contributed by atoms with Gasteiger partial charge in [0.05, 0.1) is 0 Å². The maximum absolute atomic E-state index is 13.3. The van der Waals surface area contributed by atoms with Gasteiger partial charge in [-0.2, -0.15) is 0 Å². The Bertz CT molecular complexity index is 439. The smallest absolute Gasteiger partial charge is 0.123 e. The highest BCUT2D eigenvalue weighted by Gasteiger charge is 2.33. The molecule has 1 aromatic carbocycles. The van der Waals surface area contributed by atoms with Crippen molar-refractivity contribution in [1.29, 1.82) is 0 Å². The van der Waals surface area contributed by atoms with E-state index in [1.807, 2.05) is 0 Å². The van der Waals surface area contributed by atoms with Crippen LogP contribution in [-0.4, -0.2) is 24.0 Å². The van der Waals surface area contributed by atoms with E-state index in [1.54, 1.807) is 12.1 Å². The van der Waals surface area contributed by atoms with Crippen LogP contribution in [0.5, 0.6) is 0 Å². The van der Waals surface area contributed by atoms with Crippen LogP contribution < -0.4 is 5.73 Å². The van der Waals surface area contributed by atoms with Crippen LogP contribution in [0, 0.1) is 11.2 Å². The largest absolute Gasteiger partial charge is 0.327 e. The Morgan fingerprint density at radius 3 is 2.79 bits per heavy atom. The molecule has 0 radical (unpaired) electrons. The van der Waals surface area contributed by atoms with E-state index >= 15 is 0 Å². The number of hydrogen-bond donors (Lipinski definition) is 1. The third-order valence-electron chi connectivity index (χ3n) is 3.79. The lowest BCUT2D eigenvalue weighted by molar-refractivity contribution is 0.0896. The summed E-state index contributed by atoms with van der Waals surface area (Å²) in [5.41, 5.74) is 7.25. The van der Waals surface area contributed by atoms with E-state index in [4.69, 9.17) is 5.73 Å². The van der Waals surface area contributed by atoms with Crippen molar-refractivity contribution in [2.45, 2.75) is 32.9 Å². The number of hydrogen-bond acceptors (Lipinski definition) is 2. The normalized spacial score (nSPS) is 22.9. The molecule has 1 saturated heterocycles. The second-order valence-corrected chi connectivity index (χ2v) is 6.68. The van der Waals surface area contributed by atoms with Crippen LogP contribution in [0.3, 0.4) is 0 Å². The first kappa shape index (κ1) is 16.9. The third-order valence-corrected chi connectivity index (χ3v) is 4.57. The summed E-state index contributed by atoms with van der Waals surface area (Å²) in [6.07, 6.45) is 1.000. The van der Waals surface area contributed by atoms with Crippen LogP contribution in [0.2, 0.25) is 0 Å². The average Bonchev–Trinajstić information content (AvgIpc) is 2.28. The molecule has 0 spiro atoms. The predicted octanol–water partition coefficient (Wildman–Crippen LogP) is 3.57. The molecule has 2 N–H and O–H groups in total. The highest BCUT2D eigenvalue weighted by Crippen LogP contribution is 2.29. The number of halogens is 3. The first-order valence-electron chi connectivity index (χ1n) is 6.30. The lowest BCUT2D eigenvalue weighted by Crippen LogP contribution is -2.52. The summed E-state index contributed by atoms with van der Waals surface area (Å²) in [4.78, 5) is 2.35. The molecule has 1 unspecified atom stereocenters. The molecule has 19 heavy (non-hydrogen) atoms. The van der Waals surface area contributed by atoms with Gasteiger partial charge in [-0.25, -0.2) is 4.39 Å². The van der Waals surface area contributed by atoms with Gasteiger partial charge in [0.1, 0.15) is 5.82 Å². The van der Waals surface area contributed by atoms with Gasteiger partial charge < -0.3 is 5.73 Å². The molecule has 0 amide bonds. The van der Waals surface area contributed by atoms with Gasteiger partial charge >= 0.3 is 0 Å². The maximum atomic E-state index is 13.3. The van der Waals surface area contributed by atoms with Crippen molar-refractivity contribution in [2.75, 3.05) is 13.1 Å². The SMILES string of the molecule is CC1(C)CN(Cc2cc(F)ccc2Br)CCC1N.Cl.